The molecule has 0 unspecified atom stereocenters. The van der Waals surface area contributed by atoms with Gasteiger partial charge in [-0.25, -0.2) is 9.48 Å². The zero-order chi connectivity index (χ0) is 18.9. The van der Waals surface area contributed by atoms with Gasteiger partial charge in [0.05, 0.1) is 19.3 Å². The highest BCUT2D eigenvalue weighted by Gasteiger charge is 2.08. The summed E-state index contributed by atoms with van der Waals surface area (Å²) in [7, 11) is 0. The van der Waals surface area contributed by atoms with Gasteiger partial charge in [-0.05, 0) is 17.7 Å². The van der Waals surface area contributed by atoms with Gasteiger partial charge in [0.1, 0.15) is 12.2 Å². The first-order chi connectivity index (χ1) is 12.4. The molecule has 3 amide bonds. The number of halogens is 1. The van der Waals surface area contributed by atoms with Crippen molar-refractivity contribution in [1.82, 2.24) is 30.9 Å². The van der Waals surface area contributed by atoms with Crippen LogP contribution in [-0.4, -0.2) is 44.6 Å². The van der Waals surface area contributed by atoms with Gasteiger partial charge in [0.25, 0.3) is 0 Å². The first-order valence-electron chi connectivity index (χ1n) is 7.56. The van der Waals surface area contributed by atoms with E-state index in [1.54, 1.807) is 24.3 Å². The Morgan fingerprint density at radius 3 is 2.50 bits per heavy atom. The van der Waals surface area contributed by atoms with Crippen LogP contribution in [0.4, 0.5) is 4.79 Å². The van der Waals surface area contributed by atoms with Crippen LogP contribution in [0.1, 0.15) is 11.3 Å². The maximum atomic E-state index is 11.7. The number of carbonyl (C=O) groups excluding carboxylic acids is 2. The Labute approximate surface area is 153 Å². The summed E-state index contributed by atoms with van der Waals surface area (Å²) >= 11 is 5.78. The Balaban J connectivity index is 1.64. The van der Waals surface area contributed by atoms with Gasteiger partial charge in [-0.2, -0.15) is 0 Å². The zero-order valence-electron chi connectivity index (χ0n) is 13.6. The monoisotopic (exact) mass is 380 g/mol. The summed E-state index contributed by atoms with van der Waals surface area (Å²) in [5, 5.41) is 24.2. The summed E-state index contributed by atoms with van der Waals surface area (Å²) in [5.41, 5.74) is 1.28. The minimum Gasteiger partial charge on any atom is -0.480 e. The lowest BCUT2D eigenvalue weighted by molar-refractivity contribution is -0.138. The number of nitrogens with one attached hydrogen (secondary N) is 3. The van der Waals surface area contributed by atoms with Crippen LogP contribution in [0.2, 0.25) is 5.02 Å². The fourth-order valence-corrected chi connectivity index (χ4v) is 2.02. The molecule has 1 aromatic heterocycles. The lowest BCUT2D eigenvalue weighted by Gasteiger charge is -2.08. The van der Waals surface area contributed by atoms with Crippen molar-refractivity contribution in [3.8, 4) is 0 Å². The van der Waals surface area contributed by atoms with Crippen LogP contribution >= 0.6 is 11.6 Å². The van der Waals surface area contributed by atoms with Crippen molar-refractivity contribution in [2.24, 2.45) is 0 Å². The Hall–Kier alpha value is -3.14. The van der Waals surface area contributed by atoms with Gasteiger partial charge in [-0.15, -0.1) is 5.10 Å². The first kappa shape index (κ1) is 19.2. The number of aromatic nitrogens is 3. The fourth-order valence-electron chi connectivity index (χ4n) is 1.89. The Bertz CT molecular complexity index is 777. The third-order valence-electron chi connectivity index (χ3n) is 3.13. The van der Waals surface area contributed by atoms with Crippen molar-refractivity contribution in [3.63, 3.8) is 0 Å². The van der Waals surface area contributed by atoms with E-state index in [9.17, 15) is 14.4 Å². The minimum absolute atomic E-state index is 0.0759. The van der Waals surface area contributed by atoms with Crippen LogP contribution in [0.15, 0.2) is 30.5 Å². The summed E-state index contributed by atoms with van der Waals surface area (Å²) in [5.74, 6) is -1.46. The van der Waals surface area contributed by atoms with E-state index in [2.05, 4.69) is 26.3 Å². The Kier molecular flexibility index (Phi) is 6.92. The van der Waals surface area contributed by atoms with Gasteiger partial charge < -0.3 is 21.1 Å². The molecule has 2 aromatic rings. The molecule has 26 heavy (non-hydrogen) atoms. The van der Waals surface area contributed by atoms with Crippen molar-refractivity contribution in [1.29, 1.82) is 0 Å². The average molecular weight is 381 g/mol. The molecule has 4 N–H and O–H groups in total. The third-order valence-corrected chi connectivity index (χ3v) is 3.38. The molecule has 11 heteroatoms. The molecular weight excluding hydrogens is 364 g/mol. The van der Waals surface area contributed by atoms with Gasteiger partial charge in [0, 0.05) is 11.6 Å². The molecule has 0 radical (unpaired) electrons. The predicted molar refractivity (Wildman–Crippen MR) is 91.2 cm³/mol. The first-order valence-corrected chi connectivity index (χ1v) is 7.94. The lowest BCUT2D eigenvalue weighted by atomic mass is 10.2. The normalized spacial score (nSPS) is 10.2. The zero-order valence-corrected chi connectivity index (χ0v) is 14.4. The number of urea groups is 1. The molecule has 0 aliphatic heterocycles. The molecule has 1 heterocycles. The minimum atomic E-state index is -1.04. The summed E-state index contributed by atoms with van der Waals surface area (Å²) in [6.45, 7) is -0.143. The number of aliphatic carboxylic acids is 1. The van der Waals surface area contributed by atoms with Gasteiger partial charge >= 0.3 is 12.0 Å². The highest BCUT2D eigenvalue weighted by Crippen LogP contribution is 2.08. The van der Waals surface area contributed by atoms with Crippen molar-refractivity contribution >= 4 is 29.5 Å². The largest absolute Gasteiger partial charge is 0.480 e. The van der Waals surface area contributed by atoms with E-state index in [-0.39, 0.29) is 19.6 Å². The van der Waals surface area contributed by atoms with Crippen molar-refractivity contribution < 1.29 is 19.5 Å². The van der Waals surface area contributed by atoms with E-state index < -0.39 is 17.9 Å². The van der Waals surface area contributed by atoms with Crippen LogP contribution in [0.3, 0.4) is 0 Å². The Morgan fingerprint density at radius 2 is 1.81 bits per heavy atom. The number of carbonyl (C=O) groups is 3. The van der Waals surface area contributed by atoms with Crippen molar-refractivity contribution in [2.45, 2.75) is 19.6 Å². The second-order valence-electron chi connectivity index (χ2n) is 5.24. The number of benzene rings is 1. The average Bonchev–Trinajstić information content (AvgIpc) is 3.04. The molecule has 0 saturated carbocycles. The maximum absolute atomic E-state index is 11.7. The number of amides is 3. The van der Waals surface area contributed by atoms with Crippen LogP contribution in [-0.2, 0) is 29.2 Å². The van der Waals surface area contributed by atoms with E-state index in [0.717, 1.165) is 10.2 Å². The smallest absolute Gasteiger partial charge is 0.325 e. The second kappa shape index (κ2) is 9.37. The number of carboxylic acids is 1. The summed E-state index contributed by atoms with van der Waals surface area (Å²) in [6.07, 6.45) is 1.42. The number of hydrogen-bond acceptors (Lipinski definition) is 5. The number of nitrogens with zero attached hydrogens (tertiary/aromatic N) is 3. The second-order valence-corrected chi connectivity index (χ2v) is 5.68. The Morgan fingerprint density at radius 1 is 1.08 bits per heavy atom. The van der Waals surface area contributed by atoms with Gasteiger partial charge in [0.2, 0.25) is 5.91 Å². The van der Waals surface area contributed by atoms with Crippen LogP contribution < -0.4 is 16.0 Å². The summed E-state index contributed by atoms with van der Waals surface area (Å²) in [4.78, 5) is 33.9. The SMILES string of the molecule is O=C(O)Cn1cc(CNC(=O)CNC(=O)NCc2ccc(Cl)cc2)nn1. The molecular formula is C15H17ClN6O4. The van der Waals surface area contributed by atoms with E-state index in [1.807, 2.05) is 0 Å². The van der Waals surface area contributed by atoms with Crippen molar-refractivity contribution in [3.05, 3.63) is 46.7 Å². The molecule has 0 bridgehead atoms. The lowest BCUT2D eigenvalue weighted by Crippen LogP contribution is -2.41. The molecule has 10 nitrogen and oxygen atoms in total. The molecule has 138 valence electrons. The number of hydrogen-bond donors (Lipinski definition) is 4. The molecule has 0 atom stereocenters. The molecule has 0 aliphatic carbocycles. The maximum Gasteiger partial charge on any atom is 0.325 e. The van der Waals surface area contributed by atoms with Crippen molar-refractivity contribution in [2.75, 3.05) is 6.54 Å². The van der Waals surface area contributed by atoms with Gasteiger partial charge in [-0.3, -0.25) is 9.59 Å². The van der Waals surface area contributed by atoms with E-state index in [1.165, 1.54) is 6.20 Å². The molecule has 1 aromatic carbocycles. The van der Waals surface area contributed by atoms with Gasteiger partial charge in [-0.1, -0.05) is 28.9 Å². The van der Waals surface area contributed by atoms with Crippen LogP contribution in [0.25, 0.3) is 0 Å². The quantitative estimate of drug-likeness (QED) is 0.513. The fraction of sp³-hybridized carbons (Fsp3) is 0.267. The standard InChI is InChI=1S/C15H17ClN6O4/c16-11-3-1-10(2-4-11)5-18-15(26)19-7-13(23)17-6-12-8-22(21-20-12)9-14(24)25/h1-4,8H,5-7,9H2,(H,17,23)(H,24,25)(H2,18,19,26). The topological polar surface area (TPSA) is 138 Å². The summed E-state index contributed by atoms with van der Waals surface area (Å²) < 4.78 is 1.15. The molecule has 0 spiro atoms. The predicted octanol–water partition coefficient (Wildman–Crippen LogP) is 0.132. The van der Waals surface area contributed by atoms with E-state index >= 15 is 0 Å². The summed E-state index contributed by atoms with van der Waals surface area (Å²) in [6, 6.07) is 6.52. The van der Waals surface area contributed by atoms with E-state index in [0.29, 0.717) is 17.3 Å². The highest BCUT2D eigenvalue weighted by molar-refractivity contribution is 6.30. The number of rotatable bonds is 8. The van der Waals surface area contributed by atoms with Gasteiger partial charge in [0.15, 0.2) is 0 Å². The van der Waals surface area contributed by atoms with E-state index in [4.69, 9.17) is 16.7 Å². The van der Waals surface area contributed by atoms with Crippen LogP contribution in [0, 0.1) is 0 Å². The van der Waals surface area contributed by atoms with Crippen LogP contribution in [0.5, 0.6) is 0 Å². The number of carboxylic acid groups (broad SMARTS) is 1. The molecule has 2 rings (SSSR count). The molecule has 0 aliphatic rings. The molecule has 0 fully saturated rings. The molecule has 0 saturated heterocycles. The highest BCUT2D eigenvalue weighted by atomic mass is 35.5. The third kappa shape index (κ3) is 6.77.